The van der Waals surface area contributed by atoms with Gasteiger partial charge in [0.25, 0.3) is 0 Å². The first-order chi connectivity index (χ1) is 4.74. The van der Waals surface area contributed by atoms with Crippen LogP contribution in [0.1, 0.15) is 5.76 Å². The van der Waals surface area contributed by atoms with Crippen LogP contribution in [0.3, 0.4) is 0 Å². The summed E-state index contributed by atoms with van der Waals surface area (Å²) < 4.78 is 6.39. The molecule has 0 bridgehead atoms. The predicted octanol–water partition coefficient (Wildman–Crippen LogP) is 2.61. The highest BCUT2D eigenvalue weighted by atomic mass is 79.9. The number of oxime groups is 1. The molecule has 0 spiro atoms. The van der Waals surface area contributed by atoms with Crippen LogP contribution in [0.5, 0.6) is 0 Å². The van der Waals surface area contributed by atoms with Crippen molar-refractivity contribution in [3.63, 3.8) is 0 Å². The summed E-state index contributed by atoms with van der Waals surface area (Å²) >= 11 is 6.33. The standard InChI is InChI=1S/C5H3Br2NO2/c6-4-1-3(2-8-9)10-5(4)7/h1-2,9H. The molecule has 0 aliphatic rings. The Kier molecular flexibility index (Phi) is 2.50. The highest BCUT2D eigenvalue weighted by Crippen LogP contribution is 2.25. The normalized spacial score (nSPS) is 11.0. The molecule has 5 heteroatoms. The number of hydrogen-bond donors (Lipinski definition) is 1. The zero-order valence-corrected chi connectivity index (χ0v) is 7.89. The first-order valence-corrected chi connectivity index (χ1v) is 3.95. The average molecular weight is 269 g/mol. The van der Waals surface area contributed by atoms with Crippen molar-refractivity contribution in [2.45, 2.75) is 0 Å². The molecule has 0 amide bonds. The van der Waals surface area contributed by atoms with Gasteiger partial charge in [0.1, 0.15) is 6.21 Å². The van der Waals surface area contributed by atoms with Crippen LogP contribution in [-0.4, -0.2) is 11.4 Å². The minimum Gasteiger partial charge on any atom is -0.447 e. The van der Waals surface area contributed by atoms with E-state index in [-0.39, 0.29) is 0 Å². The van der Waals surface area contributed by atoms with Gasteiger partial charge in [0.15, 0.2) is 10.4 Å². The van der Waals surface area contributed by atoms with Gasteiger partial charge in [-0.2, -0.15) is 0 Å². The van der Waals surface area contributed by atoms with E-state index in [9.17, 15) is 0 Å². The lowest BCUT2D eigenvalue weighted by molar-refractivity contribution is 0.320. The molecule has 54 valence electrons. The van der Waals surface area contributed by atoms with Crippen molar-refractivity contribution < 1.29 is 9.62 Å². The second-order valence-corrected chi connectivity index (χ2v) is 3.09. The number of halogens is 2. The molecular weight excluding hydrogens is 266 g/mol. The van der Waals surface area contributed by atoms with Crippen molar-refractivity contribution in [3.05, 3.63) is 21.0 Å². The van der Waals surface area contributed by atoms with Gasteiger partial charge in [-0.25, -0.2) is 0 Å². The first kappa shape index (κ1) is 7.81. The van der Waals surface area contributed by atoms with Crippen LogP contribution in [0.15, 0.2) is 24.8 Å². The Balaban J connectivity index is 2.98. The van der Waals surface area contributed by atoms with E-state index >= 15 is 0 Å². The summed E-state index contributed by atoms with van der Waals surface area (Å²) in [7, 11) is 0. The van der Waals surface area contributed by atoms with Crippen molar-refractivity contribution in [1.29, 1.82) is 0 Å². The van der Waals surface area contributed by atoms with Crippen LogP contribution >= 0.6 is 31.9 Å². The zero-order valence-electron chi connectivity index (χ0n) is 4.71. The van der Waals surface area contributed by atoms with Crippen LogP contribution in [0.25, 0.3) is 0 Å². The molecule has 1 aromatic heterocycles. The maximum absolute atomic E-state index is 8.10. The van der Waals surface area contributed by atoms with Crippen LogP contribution in [0, 0.1) is 0 Å². The van der Waals surface area contributed by atoms with Crippen molar-refractivity contribution in [2.24, 2.45) is 5.16 Å². The Bertz CT molecular complexity index is 237. The largest absolute Gasteiger partial charge is 0.447 e. The lowest BCUT2D eigenvalue weighted by Crippen LogP contribution is -1.70. The van der Waals surface area contributed by atoms with Crippen LogP contribution in [0.2, 0.25) is 0 Å². The molecule has 0 saturated heterocycles. The second kappa shape index (κ2) is 3.21. The SMILES string of the molecule is ON=Cc1cc(Br)c(Br)o1. The monoisotopic (exact) mass is 267 g/mol. The molecule has 10 heavy (non-hydrogen) atoms. The van der Waals surface area contributed by atoms with Gasteiger partial charge in [-0.1, -0.05) is 5.16 Å². The summed E-state index contributed by atoms with van der Waals surface area (Å²) in [5.41, 5.74) is 0. The molecular formula is C5H3Br2NO2. The third-order valence-corrected chi connectivity index (χ3v) is 2.56. The van der Waals surface area contributed by atoms with Gasteiger partial charge in [0.05, 0.1) is 4.47 Å². The number of hydrogen-bond acceptors (Lipinski definition) is 3. The summed E-state index contributed by atoms with van der Waals surface area (Å²) in [5.74, 6) is 0.487. The van der Waals surface area contributed by atoms with Gasteiger partial charge in [0.2, 0.25) is 0 Å². The Morgan fingerprint density at radius 2 is 2.30 bits per heavy atom. The molecule has 1 heterocycles. The smallest absolute Gasteiger partial charge is 0.184 e. The average Bonchev–Trinajstić information content (AvgIpc) is 2.14. The number of furan rings is 1. The van der Waals surface area contributed by atoms with E-state index in [2.05, 4.69) is 37.0 Å². The molecule has 1 aromatic rings. The number of rotatable bonds is 1. The quantitative estimate of drug-likeness (QED) is 0.484. The summed E-state index contributed by atoms with van der Waals surface area (Å²) in [4.78, 5) is 0. The molecule has 0 atom stereocenters. The minimum absolute atomic E-state index is 0.487. The van der Waals surface area contributed by atoms with Crippen molar-refractivity contribution in [2.75, 3.05) is 0 Å². The van der Waals surface area contributed by atoms with E-state index in [0.29, 0.717) is 10.4 Å². The van der Waals surface area contributed by atoms with Gasteiger partial charge in [0, 0.05) is 6.07 Å². The highest BCUT2D eigenvalue weighted by Gasteiger charge is 2.02. The van der Waals surface area contributed by atoms with Crippen LogP contribution in [-0.2, 0) is 0 Å². The van der Waals surface area contributed by atoms with E-state index in [0.717, 1.165) is 4.47 Å². The zero-order chi connectivity index (χ0) is 7.56. The van der Waals surface area contributed by atoms with Gasteiger partial charge >= 0.3 is 0 Å². The van der Waals surface area contributed by atoms with Gasteiger partial charge in [-0.3, -0.25) is 0 Å². The predicted molar refractivity (Wildman–Crippen MR) is 43.5 cm³/mol. The van der Waals surface area contributed by atoms with E-state index in [1.165, 1.54) is 6.21 Å². The van der Waals surface area contributed by atoms with Crippen molar-refractivity contribution in [3.8, 4) is 0 Å². The summed E-state index contributed by atoms with van der Waals surface area (Å²) in [6.45, 7) is 0. The Morgan fingerprint density at radius 3 is 2.70 bits per heavy atom. The van der Waals surface area contributed by atoms with Crippen molar-refractivity contribution >= 4 is 38.1 Å². The molecule has 0 fully saturated rings. The topological polar surface area (TPSA) is 45.7 Å². The fraction of sp³-hybridized carbons (Fsp3) is 0. The first-order valence-electron chi connectivity index (χ1n) is 2.36. The van der Waals surface area contributed by atoms with Crippen LogP contribution in [0.4, 0.5) is 0 Å². The van der Waals surface area contributed by atoms with E-state index in [1.54, 1.807) is 6.07 Å². The maximum atomic E-state index is 8.10. The molecule has 0 radical (unpaired) electrons. The molecule has 0 saturated carbocycles. The third kappa shape index (κ3) is 1.60. The van der Waals surface area contributed by atoms with E-state index in [1.807, 2.05) is 0 Å². The second-order valence-electron chi connectivity index (χ2n) is 1.51. The van der Waals surface area contributed by atoms with Crippen molar-refractivity contribution in [1.82, 2.24) is 0 Å². The molecule has 0 aliphatic carbocycles. The summed E-state index contributed by atoms with van der Waals surface area (Å²) in [5, 5.41) is 10.9. The fourth-order valence-electron chi connectivity index (χ4n) is 0.484. The summed E-state index contributed by atoms with van der Waals surface area (Å²) in [6, 6.07) is 1.68. The van der Waals surface area contributed by atoms with Gasteiger partial charge in [-0.15, -0.1) is 0 Å². The highest BCUT2D eigenvalue weighted by molar-refractivity contribution is 9.13. The molecule has 1 N–H and O–H groups in total. The molecule has 0 aliphatic heterocycles. The lowest BCUT2D eigenvalue weighted by Gasteiger charge is -1.78. The Labute approximate surface area is 74.0 Å². The molecule has 1 rings (SSSR count). The van der Waals surface area contributed by atoms with Gasteiger partial charge < -0.3 is 9.62 Å². The van der Waals surface area contributed by atoms with Crippen LogP contribution < -0.4 is 0 Å². The summed E-state index contributed by atoms with van der Waals surface area (Å²) in [6.07, 6.45) is 1.20. The lowest BCUT2D eigenvalue weighted by atomic mass is 10.5. The third-order valence-electron chi connectivity index (χ3n) is 0.849. The van der Waals surface area contributed by atoms with E-state index < -0.39 is 0 Å². The molecule has 0 unspecified atom stereocenters. The Morgan fingerprint density at radius 1 is 1.60 bits per heavy atom. The Hall–Kier alpha value is -0.290. The molecule has 3 nitrogen and oxygen atoms in total. The number of nitrogens with zero attached hydrogens (tertiary/aromatic N) is 1. The van der Waals surface area contributed by atoms with E-state index in [4.69, 9.17) is 9.62 Å². The van der Waals surface area contributed by atoms with Gasteiger partial charge in [-0.05, 0) is 31.9 Å². The fourth-order valence-corrected chi connectivity index (χ4v) is 1.09. The minimum atomic E-state index is 0.487. The maximum Gasteiger partial charge on any atom is 0.184 e. The molecule has 0 aromatic carbocycles.